The molecule has 0 saturated heterocycles. The van der Waals surface area contributed by atoms with Crippen molar-refractivity contribution in [2.24, 2.45) is 0 Å². The number of benzene rings is 1. The minimum atomic E-state index is -0.604. The molecule has 1 aromatic rings. The van der Waals surface area contributed by atoms with Crippen molar-refractivity contribution in [2.75, 3.05) is 21.3 Å². The zero-order chi connectivity index (χ0) is 12.0. The second-order valence-corrected chi connectivity index (χ2v) is 2.78. The lowest BCUT2D eigenvalue weighted by molar-refractivity contribution is -0.133. The van der Waals surface area contributed by atoms with Crippen LogP contribution in [0.2, 0.25) is 0 Å². The zero-order valence-electron chi connectivity index (χ0n) is 9.37. The largest absolute Gasteiger partial charge is 0.495 e. The number of hydrogen-bond donors (Lipinski definition) is 0. The number of ether oxygens (including phenoxy) is 3. The quantitative estimate of drug-likeness (QED) is 0.555. The summed E-state index contributed by atoms with van der Waals surface area (Å²) < 4.78 is 14.7. The molecule has 4 heteroatoms. The third-order valence-electron chi connectivity index (χ3n) is 1.90. The van der Waals surface area contributed by atoms with Crippen LogP contribution >= 0.6 is 0 Å². The van der Waals surface area contributed by atoms with Gasteiger partial charge in [0.25, 0.3) is 0 Å². The first-order valence-electron chi connectivity index (χ1n) is 4.54. The number of carbonyl (C=O) groups excluding carboxylic acids is 1. The Morgan fingerprint density at radius 3 is 2.12 bits per heavy atom. The number of hydrogen-bond acceptors (Lipinski definition) is 4. The minimum Gasteiger partial charge on any atom is -0.495 e. The number of esters is 1. The van der Waals surface area contributed by atoms with Gasteiger partial charge in [0.15, 0.2) is 0 Å². The van der Waals surface area contributed by atoms with Gasteiger partial charge in [-0.05, 0) is 18.1 Å². The molecule has 0 radical (unpaired) electrons. The Kier molecular flexibility index (Phi) is 4.22. The molecule has 0 bridgehead atoms. The fraction of sp³-hybridized carbons (Fsp3) is 0.250. The van der Waals surface area contributed by atoms with Crippen LogP contribution in [0.15, 0.2) is 18.2 Å². The molecule has 0 spiro atoms. The Morgan fingerprint density at radius 1 is 1.12 bits per heavy atom. The Balaban J connectivity index is 3.17. The smallest absolute Gasteiger partial charge is 0.384 e. The van der Waals surface area contributed by atoms with Gasteiger partial charge < -0.3 is 14.2 Å². The molecule has 1 aromatic carbocycles. The van der Waals surface area contributed by atoms with Gasteiger partial charge >= 0.3 is 5.97 Å². The van der Waals surface area contributed by atoms with Crippen molar-refractivity contribution in [3.05, 3.63) is 23.8 Å². The Bertz CT molecular complexity index is 418. The summed E-state index contributed by atoms with van der Waals surface area (Å²) in [7, 11) is 4.33. The second-order valence-electron chi connectivity index (χ2n) is 2.78. The topological polar surface area (TPSA) is 44.8 Å². The maximum Gasteiger partial charge on any atom is 0.384 e. The fourth-order valence-corrected chi connectivity index (χ4v) is 1.14. The second kappa shape index (κ2) is 5.66. The first-order chi connectivity index (χ1) is 7.72. The van der Waals surface area contributed by atoms with E-state index < -0.39 is 5.97 Å². The molecule has 4 nitrogen and oxygen atoms in total. The molecule has 0 aliphatic rings. The van der Waals surface area contributed by atoms with Crippen LogP contribution < -0.4 is 9.47 Å². The summed E-state index contributed by atoms with van der Waals surface area (Å²) in [6.45, 7) is 0. The van der Waals surface area contributed by atoms with E-state index in [1.165, 1.54) is 21.3 Å². The standard InChI is InChI=1S/C12H12O4/c1-14-10-5-4-6-11(15-2)9(10)7-8-12(13)16-3/h4-6H,1-3H3. The van der Waals surface area contributed by atoms with Gasteiger partial charge in [0.05, 0.1) is 21.3 Å². The first kappa shape index (κ1) is 11.9. The molecular weight excluding hydrogens is 208 g/mol. The molecule has 16 heavy (non-hydrogen) atoms. The van der Waals surface area contributed by atoms with Crippen LogP contribution in [-0.4, -0.2) is 27.3 Å². The predicted molar refractivity (Wildman–Crippen MR) is 58.4 cm³/mol. The van der Waals surface area contributed by atoms with E-state index in [0.29, 0.717) is 17.1 Å². The van der Waals surface area contributed by atoms with Gasteiger partial charge in [-0.3, -0.25) is 0 Å². The maximum atomic E-state index is 10.9. The highest BCUT2D eigenvalue weighted by Gasteiger charge is 2.06. The summed E-state index contributed by atoms with van der Waals surface area (Å²) in [6.07, 6.45) is 0. The maximum absolute atomic E-state index is 10.9. The lowest BCUT2D eigenvalue weighted by atomic mass is 10.2. The van der Waals surface area contributed by atoms with Crippen molar-refractivity contribution in [1.82, 2.24) is 0 Å². The van der Waals surface area contributed by atoms with Crippen molar-refractivity contribution in [3.63, 3.8) is 0 Å². The summed E-state index contributed by atoms with van der Waals surface area (Å²) in [5.41, 5.74) is 0.526. The van der Waals surface area contributed by atoms with E-state index in [0.717, 1.165) is 0 Å². The molecule has 0 saturated carbocycles. The summed E-state index contributed by atoms with van der Waals surface area (Å²) in [4.78, 5) is 10.9. The van der Waals surface area contributed by atoms with Crippen LogP contribution in [0.1, 0.15) is 5.56 Å². The van der Waals surface area contributed by atoms with E-state index in [4.69, 9.17) is 9.47 Å². The number of rotatable bonds is 2. The summed E-state index contributed by atoms with van der Waals surface area (Å²) >= 11 is 0. The molecule has 0 atom stereocenters. The van der Waals surface area contributed by atoms with Crippen LogP contribution in [-0.2, 0) is 9.53 Å². The molecule has 1 rings (SSSR count). The van der Waals surface area contributed by atoms with E-state index in [1.807, 2.05) is 0 Å². The SMILES string of the molecule is COC(=O)C#Cc1c(OC)cccc1OC. The Hall–Kier alpha value is -2.15. The summed E-state index contributed by atoms with van der Waals surface area (Å²) in [5.74, 6) is 5.49. The molecule has 0 aliphatic carbocycles. The molecule has 84 valence electrons. The van der Waals surface area contributed by atoms with Crippen LogP contribution in [0.5, 0.6) is 11.5 Å². The van der Waals surface area contributed by atoms with Crippen molar-refractivity contribution in [2.45, 2.75) is 0 Å². The van der Waals surface area contributed by atoms with Crippen LogP contribution in [0, 0.1) is 11.8 Å². The van der Waals surface area contributed by atoms with Crippen molar-refractivity contribution in [1.29, 1.82) is 0 Å². The van der Waals surface area contributed by atoms with Gasteiger partial charge in [-0.1, -0.05) is 6.07 Å². The first-order valence-corrected chi connectivity index (χ1v) is 4.54. The van der Waals surface area contributed by atoms with Gasteiger partial charge in [-0.2, -0.15) is 0 Å². The third-order valence-corrected chi connectivity index (χ3v) is 1.90. The summed E-state index contributed by atoms with van der Waals surface area (Å²) in [5, 5.41) is 0. The van der Waals surface area contributed by atoms with E-state index >= 15 is 0 Å². The highest BCUT2D eigenvalue weighted by molar-refractivity contribution is 5.89. The molecular formula is C12H12O4. The van der Waals surface area contributed by atoms with E-state index in [2.05, 4.69) is 16.6 Å². The van der Waals surface area contributed by atoms with Gasteiger partial charge in [-0.15, -0.1) is 0 Å². The van der Waals surface area contributed by atoms with E-state index in [1.54, 1.807) is 18.2 Å². The number of methoxy groups -OCH3 is 3. The molecule has 0 fully saturated rings. The van der Waals surface area contributed by atoms with Crippen LogP contribution in [0.25, 0.3) is 0 Å². The fourth-order valence-electron chi connectivity index (χ4n) is 1.14. The van der Waals surface area contributed by atoms with Crippen molar-refractivity contribution < 1.29 is 19.0 Å². The number of carbonyl (C=O) groups is 1. The summed E-state index contributed by atoms with van der Waals surface area (Å²) in [6, 6.07) is 5.26. The average Bonchev–Trinajstić information content (AvgIpc) is 2.35. The Morgan fingerprint density at radius 2 is 1.69 bits per heavy atom. The lowest BCUT2D eigenvalue weighted by Crippen LogP contribution is -1.96. The van der Waals surface area contributed by atoms with Gasteiger partial charge in [0.1, 0.15) is 17.1 Å². The van der Waals surface area contributed by atoms with Gasteiger partial charge in [0.2, 0.25) is 0 Å². The molecule has 0 N–H and O–H groups in total. The monoisotopic (exact) mass is 220 g/mol. The van der Waals surface area contributed by atoms with Crippen molar-refractivity contribution in [3.8, 4) is 23.3 Å². The zero-order valence-corrected chi connectivity index (χ0v) is 9.37. The third kappa shape index (κ3) is 2.67. The molecule has 0 aliphatic heterocycles. The molecule has 0 unspecified atom stereocenters. The van der Waals surface area contributed by atoms with Crippen LogP contribution in [0.3, 0.4) is 0 Å². The highest BCUT2D eigenvalue weighted by atomic mass is 16.5. The molecule has 0 aromatic heterocycles. The minimum absolute atomic E-state index is 0.526. The predicted octanol–water partition coefficient (Wildman–Crippen LogP) is 1.23. The van der Waals surface area contributed by atoms with E-state index in [9.17, 15) is 4.79 Å². The van der Waals surface area contributed by atoms with E-state index in [-0.39, 0.29) is 0 Å². The van der Waals surface area contributed by atoms with Crippen molar-refractivity contribution >= 4 is 5.97 Å². The van der Waals surface area contributed by atoms with Crippen LogP contribution in [0.4, 0.5) is 0 Å². The van der Waals surface area contributed by atoms with Gasteiger partial charge in [0, 0.05) is 5.92 Å². The molecule has 0 heterocycles. The highest BCUT2D eigenvalue weighted by Crippen LogP contribution is 2.26. The Labute approximate surface area is 94.1 Å². The van der Waals surface area contributed by atoms with Gasteiger partial charge in [-0.25, -0.2) is 4.79 Å². The average molecular weight is 220 g/mol. The lowest BCUT2D eigenvalue weighted by Gasteiger charge is -2.07. The molecule has 0 amide bonds. The normalized spacial score (nSPS) is 8.69.